The second kappa shape index (κ2) is 11.8. The fraction of sp³-hybridized carbons (Fsp3) is 0.241. The molecule has 4 rings (SSSR count). The molecule has 0 spiro atoms. The van der Waals surface area contributed by atoms with Gasteiger partial charge in [-0.2, -0.15) is 4.31 Å². The van der Waals surface area contributed by atoms with Crippen molar-refractivity contribution in [1.82, 2.24) is 9.29 Å². The molecule has 0 bridgehead atoms. The highest BCUT2D eigenvalue weighted by molar-refractivity contribution is 7.89. The number of benzene rings is 3. The number of thiazole rings is 1. The summed E-state index contributed by atoms with van der Waals surface area (Å²) in [5, 5.41) is 3.42. The summed E-state index contributed by atoms with van der Waals surface area (Å²) < 4.78 is 26.8. The lowest BCUT2D eigenvalue weighted by molar-refractivity contribution is 0.102. The molecule has 3 aromatic carbocycles. The number of sulfonamides is 1. The van der Waals surface area contributed by atoms with Crippen LogP contribution in [-0.4, -0.2) is 36.7 Å². The highest BCUT2D eigenvalue weighted by atomic mass is 32.2. The van der Waals surface area contributed by atoms with E-state index >= 15 is 0 Å². The van der Waals surface area contributed by atoms with Gasteiger partial charge in [-0.25, -0.2) is 13.4 Å². The summed E-state index contributed by atoms with van der Waals surface area (Å²) in [5.41, 5.74) is 4.55. The van der Waals surface area contributed by atoms with Crippen LogP contribution in [0.3, 0.4) is 0 Å². The maximum absolute atomic E-state index is 12.9. The van der Waals surface area contributed by atoms with Crippen molar-refractivity contribution in [2.45, 2.75) is 38.5 Å². The van der Waals surface area contributed by atoms with E-state index in [1.165, 1.54) is 39.9 Å². The molecule has 6 nitrogen and oxygen atoms in total. The summed E-state index contributed by atoms with van der Waals surface area (Å²) in [5.74, 6) is -0.324. The maximum atomic E-state index is 12.9. The highest BCUT2D eigenvalue weighted by Gasteiger charge is 2.22. The number of nitrogens with one attached hydrogen (secondary N) is 1. The Morgan fingerprint density at radius 1 is 0.838 bits per heavy atom. The minimum atomic E-state index is -3.57. The molecule has 0 unspecified atom stereocenters. The average Bonchev–Trinajstić information content (AvgIpc) is 3.32. The third-order valence-corrected chi connectivity index (χ3v) is 9.21. The van der Waals surface area contributed by atoms with E-state index in [0.29, 0.717) is 23.8 Å². The van der Waals surface area contributed by atoms with Crippen LogP contribution < -0.4 is 5.32 Å². The van der Waals surface area contributed by atoms with E-state index < -0.39 is 10.0 Å². The van der Waals surface area contributed by atoms with Gasteiger partial charge in [0.2, 0.25) is 10.0 Å². The van der Waals surface area contributed by atoms with E-state index in [-0.39, 0.29) is 10.8 Å². The van der Waals surface area contributed by atoms with Gasteiger partial charge >= 0.3 is 0 Å². The Kier molecular flexibility index (Phi) is 8.53. The van der Waals surface area contributed by atoms with E-state index in [4.69, 9.17) is 4.98 Å². The molecular formula is C29H31N3O3S2. The Morgan fingerprint density at radius 2 is 1.43 bits per heavy atom. The molecule has 0 radical (unpaired) electrons. The number of anilines is 1. The fourth-order valence-corrected chi connectivity index (χ4v) is 6.68. The first-order valence-electron chi connectivity index (χ1n) is 12.4. The van der Waals surface area contributed by atoms with Gasteiger partial charge < -0.3 is 0 Å². The lowest BCUT2D eigenvalue weighted by Gasteiger charge is -2.18. The molecule has 0 aliphatic rings. The zero-order valence-electron chi connectivity index (χ0n) is 21.3. The van der Waals surface area contributed by atoms with Crippen molar-refractivity contribution in [2.24, 2.45) is 0 Å². The van der Waals surface area contributed by atoms with Crippen LogP contribution in [0.15, 0.2) is 83.8 Å². The number of carbonyl (C=O) groups excluding carboxylic acids is 1. The molecule has 0 fully saturated rings. The normalized spacial score (nSPS) is 11.6. The van der Waals surface area contributed by atoms with Crippen LogP contribution in [-0.2, 0) is 16.4 Å². The average molecular weight is 534 g/mol. The van der Waals surface area contributed by atoms with Crippen molar-refractivity contribution in [1.29, 1.82) is 0 Å². The fourth-order valence-electron chi connectivity index (χ4n) is 4.14. The number of hydrogen-bond acceptors (Lipinski definition) is 5. The first-order valence-corrected chi connectivity index (χ1v) is 14.7. The molecular weight excluding hydrogens is 502 g/mol. The number of amides is 1. The molecule has 0 aliphatic carbocycles. The molecule has 8 heteroatoms. The second-order valence-corrected chi connectivity index (χ2v) is 11.6. The molecule has 1 N–H and O–H groups in total. The van der Waals surface area contributed by atoms with Crippen LogP contribution in [0.5, 0.6) is 0 Å². The minimum Gasteiger partial charge on any atom is -0.298 e. The summed E-state index contributed by atoms with van der Waals surface area (Å²) in [6.07, 6.45) is 1.83. The summed E-state index contributed by atoms with van der Waals surface area (Å²) in [6, 6.07) is 24.6. The van der Waals surface area contributed by atoms with Gasteiger partial charge in [0, 0.05) is 29.1 Å². The lowest BCUT2D eigenvalue weighted by Crippen LogP contribution is -2.30. The van der Waals surface area contributed by atoms with Crippen molar-refractivity contribution >= 4 is 32.4 Å². The Labute approximate surface area is 223 Å². The first kappa shape index (κ1) is 26.7. The summed E-state index contributed by atoms with van der Waals surface area (Å²) in [7, 11) is -3.57. The van der Waals surface area contributed by atoms with Gasteiger partial charge in [-0.3, -0.25) is 10.1 Å². The van der Waals surface area contributed by atoms with E-state index in [1.54, 1.807) is 13.8 Å². The van der Waals surface area contributed by atoms with Crippen LogP contribution >= 0.6 is 11.3 Å². The van der Waals surface area contributed by atoms with Gasteiger partial charge in [0.1, 0.15) is 0 Å². The molecule has 192 valence electrons. The number of hydrogen-bond donors (Lipinski definition) is 1. The smallest absolute Gasteiger partial charge is 0.257 e. The molecule has 4 aromatic rings. The molecule has 0 atom stereocenters. The number of carbonyl (C=O) groups is 1. The van der Waals surface area contributed by atoms with Crippen LogP contribution in [0.2, 0.25) is 0 Å². The lowest BCUT2D eigenvalue weighted by atomic mass is 10.0. The number of aromatic nitrogens is 1. The van der Waals surface area contributed by atoms with Crippen molar-refractivity contribution in [3.63, 3.8) is 0 Å². The first-order chi connectivity index (χ1) is 17.9. The van der Waals surface area contributed by atoms with Gasteiger partial charge in [0.25, 0.3) is 5.91 Å². The van der Waals surface area contributed by atoms with Crippen LogP contribution in [0.25, 0.3) is 22.4 Å². The third-order valence-electron chi connectivity index (χ3n) is 6.12. The second-order valence-electron chi connectivity index (χ2n) is 8.55. The topological polar surface area (TPSA) is 79.4 Å². The van der Waals surface area contributed by atoms with Gasteiger partial charge in [0.05, 0.1) is 10.6 Å². The summed E-state index contributed by atoms with van der Waals surface area (Å²) in [4.78, 5) is 19.0. The van der Waals surface area contributed by atoms with Gasteiger partial charge in [-0.15, -0.1) is 11.3 Å². The molecule has 0 saturated carbocycles. The number of rotatable bonds is 10. The zero-order chi connectivity index (χ0) is 26.4. The number of aryl methyl sites for hydroxylation is 1. The van der Waals surface area contributed by atoms with Gasteiger partial charge in [-0.1, -0.05) is 81.8 Å². The Morgan fingerprint density at radius 3 is 2.03 bits per heavy atom. The number of nitrogens with zero attached hydrogens (tertiary/aromatic N) is 2. The predicted molar refractivity (Wildman–Crippen MR) is 151 cm³/mol. The molecule has 37 heavy (non-hydrogen) atoms. The maximum Gasteiger partial charge on any atom is 0.257 e. The van der Waals surface area contributed by atoms with Crippen molar-refractivity contribution in [3.05, 3.63) is 89.3 Å². The van der Waals surface area contributed by atoms with E-state index in [9.17, 15) is 13.2 Å². The largest absolute Gasteiger partial charge is 0.298 e. The minimum absolute atomic E-state index is 0.175. The van der Waals surface area contributed by atoms with Crippen LogP contribution in [0.4, 0.5) is 5.13 Å². The summed E-state index contributed by atoms with van der Waals surface area (Å²) in [6.45, 7) is 6.50. The van der Waals surface area contributed by atoms with E-state index in [2.05, 4.69) is 48.6 Å². The standard InChI is InChI=1S/C29H31N3O3S2/c1-4-10-26-27(23-15-13-22(14-16-23)21-11-8-7-9-12-21)30-29(36-26)31-28(33)24-17-19-25(20-18-24)37(34,35)32(5-2)6-3/h7-9,11-20H,4-6,10H2,1-3H3,(H,30,31,33). The van der Waals surface area contributed by atoms with Crippen LogP contribution in [0, 0.1) is 0 Å². The molecule has 0 aliphatic heterocycles. The molecule has 1 aromatic heterocycles. The summed E-state index contributed by atoms with van der Waals surface area (Å²) >= 11 is 1.47. The van der Waals surface area contributed by atoms with E-state index in [0.717, 1.165) is 40.1 Å². The Hall–Kier alpha value is -3.33. The zero-order valence-corrected chi connectivity index (χ0v) is 22.9. The van der Waals surface area contributed by atoms with Crippen molar-refractivity contribution in [3.8, 4) is 22.4 Å². The highest BCUT2D eigenvalue weighted by Crippen LogP contribution is 2.33. The Balaban J connectivity index is 1.54. The quantitative estimate of drug-likeness (QED) is 0.246. The molecule has 1 amide bonds. The SMILES string of the molecule is CCCc1sc(NC(=O)c2ccc(S(=O)(=O)N(CC)CC)cc2)nc1-c1ccc(-c2ccccc2)cc1. The molecule has 0 saturated heterocycles. The molecule has 1 heterocycles. The third kappa shape index (κ3) is 5.98. The monoisotopic (exact) mass is 533 g/mol. The van der Waals surface area contributed by atoms with Gasteiger partial charge in [0.15, 0.2) is 5.13 Å². The van der Waals surface area contributed by atoms with Crippen molar-refractivity contribution < 1.29 is 13.2 Å². The van der Waals surface area contributed by atoms with Crippen molar-refractivity contribution in [2.75, 3.05) is 18.4 Å². The van der Waals surface area contributed by atoms with Crippen LogP contribution in [0.1, 0.15) is 42.4 Å². The van der Waals surface area contributed by atoms with E-state index in [1.807, 2.05) is 18.2 Å². The van der Waals surface area contributed by atoms with Gasteiger partial charge in [-0.05, 0) is 41.8 Å². The Bertz CT molecular complexity index is 1440. The predicted octanol–water partition coefficient (Wildman–Crippen LogP) is 6.71.